The van der Waals surface area contributed by atoms with Crippen LogP contribution in [0, 0.1) is 0 Å². The first-order valence-corrected chi connectivity index (χ1v) is 5.43. The van der Waals surface area contributed by atoms with Crippen LogP contribution in [0.15, 0.2) is 12.4 Å². The van der Waals surface area contributed by atoms with E-state index >= 15 is 0 Å². The number of rotatable bonds is 6. The zero-order valence-corrected chi connectivity index (χ0v) is 9.68. The van der Waals surface area contributed by atoms with Crippen LogP contribution in [0.3, 0.4) is 0 Å². The first-order valence-electron chi connectivity index (χ1n) is 5.43. The van der Waals surface area contributed by atoms with Crippen molar-refractivity contribution in [2.75, 3.05) is 6.54 Å². The molecular weight excluding hydrogens is 208 g/mol. The van der Waals surface area contributed by atoms with Crippen molar-refractivity contribution < 1.29 is 9.90 Å². The van der Waals surface area contributed by atoms with E-state index < -0.39 is 5.60 Å². The summed E-state index contributed by atoms with van der Waals surface area (Å²) in [6.07, 6.45) is 4.37. The second kappa shape index (κ2) is 5.60. The van der Waals surface area contributed by atoms with Crippen LogP contribution in [0.5, 0.6) is 0 Å². The molecular formula is C10H18N4O2. The molecule has 6 heteroatoms. The molecule has 6 nitrogen and oxygen atoms in total. The average molecular weight is 226 g/mol. The molecule has 0 spiro atoms. The van der Waals surface area contributed by atoms with E-state index in [1.165, 1.54) is 10.9 Å². The highest BCUT2D eigenvalue weighted by atomic mass is 16.3. The van der Waals surface area contributed by atoms with Gasteiger partial charge in [-0.2, -0.15) is 0 Å². The van der Waals surface area contributed by atoms with Gasteiger partial charge in [0.15, 0.2) is 0 Å². The summed E-state index contributed by atoms with van der Waals surface area (Å²) in [6, 6.07) is 0. The highest BCUT2D eigenvalue weighted by Gasteiger charge is 2.22. The van der Waals surface area contributed by atoms with Crippen molar-refractivity contribution in [3.05, 3.63) is 12.4 Å². The molecule has 2 N–H and O–H groups in total. The van der Waals surface area contributed by atoms with Gasteiger partial charge in [-0.05, 0) is 12.8 Å². The first kappa shape index (κ1) is 12.6. The minimum Gasteiger partial charge on any atom is -0.388 e. The molecule has 0 bridgehead atoms. The van der Waals surface area contributed by atoms with Crippen molar-refractivity contribution in [3.63, 3.8) is 0 Å². The van der Waals surface area contributed by atoms with Crippen LogP contribution in [-0.4, -0.2) is 38.2 Å². The second-order valence-corrected chi connectivity index (χ2v) is 3.81. The quantitative estimate of drug-likeness (QED) is 0.712. The fraction of sp³-hybridized carbons (Fsp3) is 0.700. The van der Waals surface area contributed by atoms with Crippen molar-refractivity contribution >= 4 is 5.91 Å². The Bertz CT molecular complexity index is 320. The lowest BCUT2D eigenvalue weighted by Crippen LogP contribution is -2.43. The maximum Gasteiger partial charge on any atom is 0.241 e. The minimum absolute atomic E-state index is 0.128. The summed E-state index contributed by atoms with van der Waals surface area (Å²) < 4.78 is 1.44. The number of amides is 1. The van der Waals surface area contributed by atoms with Gasteiger partial charge in [-0.3, -0.25) is 4.79 Å². The van der Waals surface area contributed by atoms with Gasteiger partial charge >= 0.3 is 0 Å². The smallest absolute Gasteiger partial charge is 0.241 e. The summed E-state index contributed by atoms with van der Waals surface area (Å²) in [5.41, 5.74) is -0.808. The van der Waals surface area contributed by atoms with E-state index in [1.807, 2.05) is 13.8 Å². The zero-order chi connectivity index (χ0) is 12.0. The number of nitrogens with zero attached hydrogens (tertiary/aromatic N) is 3. The van der Waals surface area contributed by atoms with Crippen molar-refractivity contribution in [2.45, 2.75) is 38.8 Å². The van der Waals surface area contributed by atoms with Gasteiger partial charge < -0.3 is 10.4 Å². The first-order chi connectivity index (χ1) is 7.59. The Morgan fingerprint density at radius 1 is 1.50 bits per heavy atom. The summed E-state index contributed by atoms with van der Waals surface area (Å²) in [6.45, 7) is 4.19. The molecule has 0 saturated carbocycles. The van der Waals surface area contributed by atoms with Crippen molar-refractivity contribution in [2.24, 2.45) is 0 Å². The normalized spacial score (nSPS) is 11.4. The highest BCUT2D eigenvalue weighted by Crippen LogP contribution is 2.12. The van der Waals surface area contributed by atoms with Crippen molar-refractivity contribution in [1.82, 2.24) is 20.3 Å². The van der Waals surface area contributed by atoms with Crippen molar-refractivity contribution in [1.29, 1.82) is 0 Å². The summed E-state index contributed by atoms with van der Waals surface area (Å²) in [7, 11) is 0. The Morgan fingerprint density at radius 2 is 2.19 bits per heavy atom. The highest BCUT2D eigenvalue weighted by molar-refractivity contribution is 5.75. The summed E-state index contributed by atoms with van der Waals surface area (Å²) in [4.78, 5) is 11.5. The Labute approximate surface area is 94.7 Å². The molecule has 0 aliphatic carbocycles. The average Bonchev–Trinajstić information content (AvgIpc) is 2.79. The molecule has 0 saturated heterocycles. The topological polar surface area (TPSA) is 80.0 Å². The van der Waals surface area contributed by atoms with Crippen LogP contribution in [-0.2, 0) is 11.3 Å². The number of aliphatic hydroxyl groups is 1. The molecule has 0 radical (unpaired) electrons. The summed E-state index contributed by atoms with van der Waals surface area (Å²) in [5.74, 6) is -0.175. The predicted molar refractivity (Wildman–Crippen MR) is 58.6 cm³/mol. The van der Waals surface area contributed by atoms with E-state index in [1.54, 1.807) is 6.20 Å². The molecule has 1 amide bonds. The predicted octanol–water partition coefficient (Wildman–Crippen LogP) is -0.0546. The van der Waals surface area contributed by atoms with E-state index in [2.05, 4.69) is 15.6 Å². The third-order valence-corrected chi connectivity index (χ3v) is 2.71. The van der Waals surface area contributed by atoms with Gasteiger partial charge in [0.1, 0.15) is 6.54 Å². The summed E-state index contributed by atoms with van der Waals surface area (Å²) >= 11 is 0. The number of carbonyl (C=O) groups is 1. The Kier molecular flexibility index (Phi) is 4.42. The van der Waals surface area contributed by atoms with Gasteiger partial charge in [0.2, 0.25) is 5.91 Å². The number of nitrogens with one attached hydrogen (secondary N) is 1. The van der Waals surface area contributed by atoms with Crippen LogP contribution in [0.4, 0.5) is 0 Å². The third kappa shape index (κ3) is 3.62. The number of aromatic nitrogens is 3. The lowest BCUT2D eigenvalue weighted by Gasteiger charge is -2.25. The second-order valence-electron chi connectivity index (χ2n) is 3.81. The van der Waals surface area contributed by atoms with Gasteiger partial charge in [-0.1, -0.05) is 19.1 Å². The van der Waals surface area contributed by atoms with Crippen LogP contribution < -0.4 is 5.32 Å². The molecule has 1 aromatic heterocycles. The largest absolute Gasteiger partial charge is 0.388 e. The maximum absolute atomic E-state index is 11.5. The van der Waals surface area contributed by atoms with Gasteiger partial charge in [0.05, 0.1) is 11.8 Å². The van der Waals surface area contributed by atoms with Crippen LogP contribution in [0.2, 0.25) is 0 Å². The number of carbonyl (C=O) groups excluding carboxylic acids is 1. The molecule has 90 valence electrons. The lowest BCUT2D eigenvalue weighted by atomic mass is 9.98. The molecule has 1 rings (SSSR count). The van der Waals surface area contributed by atoms with E-state index in [9.17, 15) is 9.90 Å². The van der Waals surface area contributed by atoms with E-state index in [0.29, 0.717) is 12.8 Å². The molecule has 0 unspecified atom stereocenters. The maximum atomic E-state index is 11.5. The van der Waals surface area contributed by atoms with E-state index in [0.717, 1.165) is 0 Å². The van der Waals surface area contributed by atoms with Gasteiger partial charge in [0.25, 0.3) is 0 Å². The van der Waals surface area contributed by atoms with E-state index in [-0.39, 0.29) is 19.0 Å². The minimum atomic E-state index is -0.808. The zero-order valence-electron chi connectivity index (χ0n) is 9.68. The fourth-order valence-corrected chi connectivity index (χ4v) is 1.28. The molecule has 0 atom stereocenters. The Balaban J connectivity index is 2.35. The van der Waals surface area contributed by atoms with Crippen LogP contribution >= 0.6 is 0 Å². The van der Waals surface area contributed by atoms with Crippen molar-refractivity contribution in [3.8, 4) is 0 Å². The van der Waals surface area contributed by atoms with Crippen LogP contribution in [0.1, 0.15) is 26.7 Å². The molecule has 0 fully saturated rings. The SMILES string of the molecule is CCC(O)(CC)CNC(=O)Cn1ccnn1. The molecule has 16 heavy (non-hydrogen) atoms. The van der Waals surface area contributed by atoms with Gasteiger partial charge in [-0.15, -0.1) is 5.10 Å². The fourth-order valence-electron chi connectivity index (χ4n) is 1.28. The standard InChI is InChI=1S/C10H18N4O2/c1-3-10(16,4-2)8-11-9(15)7-14-6-5-12-13-14/h5-6,16H,3-4,7-8H2,1-2H3,(H,11,15). The number of hydrogen-bond donors (Lipinski definition) is 2. The van der Waals surface area contributed by atoms with Crippen LogP contribution in [0.25, 0.3) is 0 Å². The third-order valence-electron chi connectivity index (χ3n) is 2.71. The monoisotopic (exact) mass is 226 g/mol. The van der Waals surface area contributed by atoms with Gasteiger partial charge in [0, 0.05) is 12.7 Å². The molecule has 0 aromatic carbocycles. The molecule has 1 aromatic rings. The van der Waals surface area contributed by atoms with E-state index in [4.69, 9.17) is 0 Å². The van der Waals surface area contributed by atoms with Gasteiger partial charge in [-0.25, -0.2) is 4.68 Å². The Hall–Kier alpha value is -1.43. The molecule has 0 aliphatic heterocycles. The number of hydrogen-bond acceptors (Lipinski definition) is 4. The molecule has 1 heterocycles. The lowest BCUT2D eigenvalue weighted by molar-refractivity contribution is -0.123. The Morgan fingerprint density at radius 3 is 2.69 bits per heavy atom. The molecule has 0 aliphatic rings. The summed E-state index contributed by atoms with van der Waals surface area (Å²) in [5, 5.41) is 19.9.